The van der Waals surface area contributed by atoms with Gasteiger partial charge in [0.1, 0.15) is 0 Å². The van der Waals surface area contributed by atoms with E-state index in [1.165, 1.54) is 20.3 Å². The maximum absolute atomic E-state index is 12.7. The first-order valence-corrected chi connectivity index (χ1v) is 9.23. The minimum atomic E-state index is -3.60. The van der Waals surface area contributed by atoms with Crippen LogP contribution in [0.15, 0.2) is 17.0 Å². The lowest BCUT2D eigenvalue weighted by Gasteiger charge is -2.34. The third-order valence-corrected chi connectivity index (χ3v) is 5.89. The van der Waals surface area contributed by atoms with Crippen molar-refractivity contribution in [2.75, 3.05) is 33.9 Å². The molecule has 1 aliphatic rings. The van der Waals surface area contributed by atoms with Crippen LogP contribution in [0.1, 0.15) is 25.3 Å². The Morgan fingerprint density at radius 1 is 1.26 bits per heavy atom. The topological polar surface area (TPSA) is 76.7 Å². The summed E-state index contributed by atoms with van der Waals surface area (Å²) in [5, 5.41) is 3.32. The predicted molar refractivity (Wildman–Crippen MR) is 89.7 cm³/mol. The number of piperidine rings is 1. The van der Waals surface area contributed by atoms with E-state index in [2.05, 4.69) is 17.0 Å². The summed E-state index contributed by atoms with van der Waals surface area (Å²) in [6.45, 7) is 6.08. The first-order chi connectivity index (χ1) is 10.8. The Hall–Kier alpha value is -1.31. The second kappa shape index (κ2) is 7.07. The second-order valence-corrected chi connectivity index (χ2v) is 8.12. The van der Waals surface area contributed by atoms with Gasteiger partial charge in [0, 0.05) is 19.2 Å². The van der Waals surface area contributed by atoms with Crippen molar-refractivity contribution in [3.8, 4) is 11.5 Å². The van der Waals surface area contributed by atoms with Gasteiger partial charge in [-0.05, 0) is 43.4 Å². The maximum Gasteiger partial charge on any atom is 0.240 e. The molecule has 23 heavy (non-hydrogen) atoms. The van der Waals surface area contributed by atoms with Crippen LogP contribution in [-0.2, 0) is 10.0 Å². The first kappa shape index (κ1) is 18.0. The van der Waals surface area contributed by atoms with Crippen LogP contribution in [0.4, 0.5) is 0 Å². The Kier molecular flexibility index (Phi) is 5.54. The molecule has 0 aliphatic carbocycles. The number of aryl methyl sites for hydroxylation is 1. The number of hydrogen-bond acceptors (Lipinski definition) is 5. The Balaban J connectivity index is 2.22. The summed E-state index contributed by atoms with van der Waals surface area (Å²) in [5.74, 6) is 0.927. The van der Waals surface area contributed by atoms with Crippen molar-refractivity contribution in [2.24, 2.45) is 5.41 Å². The highest BCUT2D eigenvalue weighted by atomic mass is 32.2. The van der Waals surface area contributed by atoms with Crippen molar-refractivity contribution in [1.82, 2.24) is 10.0 Å². The summed E-state index contributed by atoms with van der Waals surface area (Å²) >= 11 is 0. The first-order valence-electron chi connectivity index (χ1n) is 7.74. The van der Waals surface area contributed by atoms with E-state index in [0.29, 0.717) is 23.6 Å². The second-order valence-electron chi connectivity index (χ2n) is 6.39. The van der Waals surface area contributed by atoms with Gasteiger partial charge in [0.05, 0.1) is 19.1 Å². The number of methoxy groups -OCH3 is 2. The number of benzene rings is 1. The molecular formula is C16H26N2O4S. The van der Waals surface area contributed by atoms with Gasteiger partial charge in [0.2, 0.25) is 10.0 Å². The van der Waals surface area contributed by atoms with Crippen LogP contribution >= 0.6 is 0 Å². The molecule has 1 aromatic carbocycles. The summed E-state index contributed by atoms with van der Waals surface area (Å²) in [7, 11) is -0.579. The Labute approximate surface area is 138 Å². The lowest BCUT2D eigenvalue weighted by molar-refractivity contribution is 0.238. The average Bonchev–Trinajstić information content (AvgIpc) is 2.53. The van der Waals surface area contributed by atoms with Crippen LogP contribution in [0, 0.1) is 12.3 Å². The van der Waals surface area contributed by atoms with Crippen LogP contribution in [0.2, 0.25) is 0 Å². The molecule has 7 heteroatoms. The zero-order valence-electron chi connectivity index (χ0n) is 14.2. The van der Waals surface area contributed by atoms with Crippen molar-refractivity contribution >= 4 is 10.0 Å². The molecule has 0 spiro atoms. The van der Waals surface area contributed by atoms with Crippen molar-refractivity contribution in [3.63, 3.8) is 0 Å². The molecule has 0 aromatic heterocycles. The molecule has 1 fully saturated rings. The smallest absolute Gasteiger partial charge is 0.240 e. The van der Waals surface area contributed by atoms with Crippen LogP contribution in [0.25, 0.3) is 0 Å². The molecule has 1 aromatic rings. The van der Waals surface area contributed by atoms with Gasteiger partial charge in [-0.2, -0.15) is 0 Å². The normalized spacial score (nSPS) is 21.9. The molecule has 2 N–H and O–H groups in total. The molecule has 1 unspecified atom stereocenters. The van der Waals surface area contributed by atoms with Gasteiger partial charge in [-0.15, -0.1) is 0 Å². The van der Waals surface area contributed by atoms with Crippen molar-refractivity contribution in [1.29, 1.82) is 0 Å². The predicted octanol–water partition coefficient (Wildman–Crippen LogP) is 1.68. The molecule has 1 heterocycles. The van der Waals surface area contributed by atoms with Gasteiger partial charge < -0.3 is 14.8 Å². The average molecular weight is 342 g/mol. The molecule has 0 amide bonds. The standard InChI is InChI=1S/C16H26N2O4S/c1-12-8-13(21-3)14(22-4)9-15(12)23(19,20)18-11-16(2)6-5-7-17-10-16/h8-9,17-18H,5-7,10-11H2,1-4H3. The largest absolute Gasteiger partial charge is 0.493 e. The molecule has 0 bridgehead atoms. The van der Waals surface area contributed by atoms with Crippen LogP contribution < -0.4 is 19.5 Å². The van der Waals surface area contributed by atoms with Gasteiger partial charge in [-0.3, -0.25) is 0 Å². The highest BCUT2D eigenvalue weighted by Crippen LogP contribution is 2.32. The Morgan fingerprint density at radius 3 is 2.48 bits per heavy atom. The minimum Gasteiger partial charge on any atom is -0.493 e. The number of ether oxygens (including phenoxy) is 2. The van der Waals surface area contributed by atoms with Crippen LogP contribution in [0.3, 0.4) is 0 Å². The molecule has 2 rings (SSSR count). The van der Waals surface area contributed by atoms with Crippen molar-refractivity contribution in [2.45, 2.75) is 31.6 Å². The minimum absolute atomic E-state index is 0.0597. The zero-order valence-corrected chi connectivity index (χ0v) is 15.0. The fourth-order valence-corrected chi connectivity index (χ4v) is 4.31. The third-order valence-electron chi connectivity index (χ3n) is 4.35. The number of nitrogens with one attached hydrogen (secondary N) is 2. The number of rotatable bonds is 6. The van der Waals surface area contributed by atoms with Crippen LogP contribution in [-0.4, -0.2) is 42.3 Å². The quantitative estimate of drug-likeness (QED) is 0.822. The number of sulfonamides is 1. The van der Waals surface area contributed by atoms with Gasteiger partial charge in [-0.1, -0.05) is 6.92 Å². The Bertz CT molecular complexity index is 652. The highest BCUT2D eigenvalue weighted by Gasteiger charge is 2.29. The van der Waals surface area contributed by atoms with E-state index in [1.807, 2.05) is 0 Å². The molecule has 0 radical (unpaired) electrons. The maximum atomic E-state index is 12.7. The lowest BCUT2D eigenvalue weighted by atomic mass is 9.83. The van der Waals surface area contributed by atoms with Gasteiger partial charge in [-0.25, -0.2) is 13.1 Å². The van der Waals surface area contributed by atoms with Gasteiger partial charge in [0.25, 0.3) is 0 Å². The van der Waals surface area contributed by atoms with E-state index in [9.17, 15) is 8.42 Å². The molecule has 130 valence electrons. The van der Waals surface area contributed by atoms with Crippen molar-refractivity contribution in [3.05, 3.63) is 17.7 Å². The molecule has 1 aliphatic heterocycles. The Morgan fingerprint density at radius 2 is 1.91 bits per heavy atom. The molecular weight excluding hydrogens is 316 g/mol. The number of hydrogen-bond donors (Lipinski definition) is 2. The molecule has 1 atom stereocenters. The summed E-state index contributed by atoms with van der Waals surface area (Å²) in [6, 6.07) is 3.19. The highest BCUT2D eigenvalue weighted by molar-refractivity contribution is 7.89. The van der Waals surface area contributed by atoms with E-state index in [1.54, 1.807) is 13.0 Å². The monoisotopic (exact) mass is 342 g/mol. The van der Waals surface area contributed by atoms with Crippen molar-refractivity contribution < 1.29 is 17.9 Å². The fourth-order valence-electron chi connectivity index (χ4n) is 2.87. The van der Waals surface area contributed by atoms with Gasteiger partial charge >= 0.3 is 0 Å². The van der Waals surface area contributed by atoms with E-state index >= 15 is 0 Å². The van der Waals surface area contributed by atoms with E-state index in [-0.39, 0.29) is 10.3 Å². The molecule has 1 saturated heterocycles. The summed E-state index contributed by atoms with van der Waals surface area (Å²) in [5.41, 5.74) is 0.567. The van der Waals surface area contributed by atoms with E-state index < -0.39 is 10.0 Å². The van der Waals surface area contributed by atoms with Crippen LogP contribution in [0.5, 0.6) is 11.5 Å². The van der Waals surface area contributed by atoms with E-state index in [4.69, 9.17) is 9.47 Å². The lowest BCUT2D eigenvalue weighted by Crippen LogP contribution is -2.45. The summed E-state index contributed by atoms with van der Waals surface area (Å²) in [4.78, 5) is 0.225. The van der Waals surface area contributed by atoms with Gasteiger partial charge in [0.15, 0.2) is 11.5 Å². The third kappa shape index (κ3) is 4.16. The summed E-state index contributed by atoms with van der Waals surface area (Å²) < 4.78 is 38.5. The van der Waals surface area contributed by atoms with E-state index in [0.717, 1.165) is 25.9 Å². The SMILES string of the molecule is COc1cc(C)c(S(=O)(=O)NCC2(C)CCCNC2)cc1OC. The zero-order chi connectivity index (χ0) is 17.1. The summed E-state index contributed by atoms with van der Waals surface area (Å²) in [6.07, 6.45) is 2.07. The molecule has 6 nitrogen and oxygen atoms in total. The fraction of sp³-hybridized carbons (Fsp3) is 0.625. The molecule has 0 saturated carbocycles.